The van der Waals surface area contributed by atoms with Gasteiger partial charge in [0.05, 0.1) is 11.8 Å². The number of ether oxygens (including phenoxy) is 1. The summed E-state index contributed by atoms with van der Waals surface area (Å²) in [5, 5.41) is 7.30. The Balaban J connectivity index is 1.36. The van der Waals surface area contributed by atoms with E-state index in [-0.39, 0.29) is 11.8 Å². The fourth-order valence-electron chi connectivity index (χ4n) is 4.64. The molecule has 4 nitrogen and oxygen atoms in total. The summed E-state index contributed by atoms with van der Waals surface area (Å²) in [7, 11) is 0. The zero-order valence-corrected chi connectivity index (χ0v) is 19.0. The minimum atomic E-state index is -0.845. The van der Waals surface area contributed by atoms with Gasteiger partial charge in [0.25, 0.3) is 6.23 Å². The lowest BCUT2D eigenvalue weighted by Crippen LogP contribution is -2.45. The van der Waals surface area contributed by atoms with Gasteiger partial charge >= 0.3 is 0 Å². The summed E-state index contributed by atoms with van der Waals surface area (Å²) < 4.78 is 6.23. The highest BCUT2D eigenvalue weighted by atomic mass is 35.5. The lowest BCUT2D eigenvalue weighted by atomic mass is 9.95. The normalized spacial score (nSPS) is 18.5. The van der Waals surface area contributed by atoms with Crippen LogP contribution < -0.4 is 4.74 Å². The van der Waals surface area contributed by atoms with Gasteiger partial charge in [-0.25, -0.2) is 5.01 Å². The summed E-state index contributed by atoms with van der Waals surface area (Å²) in [4.78, 5) is 13.6. The Hall–Kier alpha value is -3.89. The Morgan fingerprint density at radius 3 is 2.18 bits per heavy atom. The van der Waals surface area contributed by atoms with Crippen LogP contribution in [-0.2, 0) is 0 Å². The smallest absolute Gasteiger partial charge is 0.251 e. The molecule has 2 heterocycles. The van der Waals surface area contributed by atoms with Crippen LogP contribution in [0.5, 0.6) is 5.75 Å². The van der Waals surface area contributed by atoms with Crippen LogP contribution in [-0.4, -0.2) is 22.7 Å². The molecule has 0 spiro atoms. The number of hydrogen-bond acceptors (Lipinski definition) is 4. The number of hydrogen-bond donors (Lipinski definition) is 0. The van der Waals surface area contributed by atoms with Crippen molar-refractivity contribution in [2.75, 3.05) is 0 Å². The number of hydrazone groups is 1. The predicted molar refractivity (Wildman–Crippen MR) is 134 cm³/mol. The Morgan fingerprint density at radius 2 is 1.47 bits per heavy atom. The van der Waals surface area contributed by atoms with Crippen LogP contribution in [0.1, 0.15) is 33.9 Å². The molecule has 0 saturated heterocycles. The molecule has 2 unspecified atom stereocenters. The summed E-state index contributed by atoms with van der Waals surface area (Å²) >= 11 is 6.30. The van der Waals surface area contributed by atoms with Crippen molar-refractivity contribution in [3.8, 4) is 16.9 Å². The van der Waals surface area contributed by atoms with Gasteiger partial charge in [-0.2, -0.15) is 5.10 Å². The molecule has 34 heavy (non-hydrogen) atoms. The van der Waals surface area contributed by atoms with E-state index in [4.69, 9.17) is 21.4 Å². The topological polar surface area (TPSA) is 41.9 Å². The van der Waals surface area contributed by atoms with Crippen molar-refractivity contribution in [1.29, 1.82) is 0 Å². The van der Waals surface area contributed by atoms with Gasteiger partial charge in [0.2, 0.25) is 5.78 Å². The average Bonchev–Trinajstić information content (AvgIpc) is 3.35. The number of benzene rings is 4. The predicted octanol–water partition coefficient (Wildman–Crippen LogP) is 6.76. The molecule has 0 fully saturated rings. The fraction of sp³-hybridized carbons (Fsp3) is 0.103. The second-order valence-corrected chi connectivity index (χ2v) is 8.91. The fourth-order valence-corrected chi connectivity index (χ4v) is 4.82. The first kappa shape index (κ1) is 20.7. The standard InChI is InChI=1S/C29H21ClN2O2/c30-23-15-16-27-24(17-23)26-18-25(21-9-5-2-6-10-21)31-32(26)29(34-27)28(33)22-13-11-20(12-14-22)19-7-3-1-4-8-19/h1-17,26,29H,18H2. The number of Topliss-reactive ketones (excluding diaryl/α,β-unsaturated/α-hetero) is 1. The Bertz CT molecular complexity index is 1390. The minimum absolute atomic E-state index is 0.116. The van der Waals surface area contributed by atoms with Crippen molar-refractivity contribution in [3.05, 3.63) is 125 Å². The Labute approximate surface area is 203 Å². The third kappa shape index (κ3) is 3.66. The SMILES string of the molecule is O=C(c1ccc(-c2ccccc2)cc1)C1Oc2ccc(Cl)cc2C2CC(c3ccccc3)=NN12. The van der Waals surface area contributed by atoms with E-state index in [1.807, 2.05) is 84.9 Å². The molecule has 2 aliphatic heterocycles. The average molecular weight is 465 g/mol. The van der Waals surface area contributed by atoms with Gasteiger partial charge in [0.1, 0.15) is 5.75 Å². The molecule has 0 N–H and O–H groups in total. The molecule has 2 aliphatic rings. The molecular weight excluding hydrogens is 444 g/mol. The molecule has 166 valence electrons. The van der Waals surface area contributed by atoms with E-state index in [1.54, 1.807) is 11.1 Å². The second-order valence-electron chi connectivity index (χ2n) is 8.47. The molecule has 0 saturated carbocycles. The van der Waals surface area contributed by atoms with Crippen LogP contribution in [0, 0.1) is 0 Å². The van der Waals surface area contributed by atoms with Crippen molar-refractivity contribution in [3.63, 3.8) is 0 Å². The highest BCUT2D eigenvalue weighted by molar-refractivity contribution is 6.30. The van der Waals surface area contributed by atoms with Gasteiger partial charge < -0.3 is 4.74 Å². The van der Waals surface area contributed by atoms with E-state index < -0.39 is 6.23 Å². The first-order chi connectivity index (χ1) is 16.7. The number of halogens is 1. The van der Waals surface area contributed by atoms with Crippen LogP contribution in [0.25, 0.3) is 11.1 Å². The first-order valence-corrected chi connectivity index (χ1v) is 11.6. The summed E-state index contributed by atoms with van der Waals surface area (Å²) in [5.74, 6) is 0.553. The van der Waals surface area contributed by atoms with Crippen LogP contribution >= 0.6 is 11.6 Å². The van der Waals surface area contributed by atoms with Gasteiger partial charge in [-0.1, -0.05) is 96.5 Å². The molecule has 0 radical (unpaired) electrons. The van der Waals surface area contributed by atoms with Crippen molar-refractivity contribution in [2.24, 2.45) is 5.10 Å². The third-order valence-electron chi connectivity index (χ3n) is 6.36. The largest absolute Gasteiger partial charge is 0.461 e. The van der Waals surface area contributed by atoms with Crippen LogP contribution in [0.3, 0.4) is 0 Å². The van der Waals surface area contributed by atoms with E-state index in [0.29, 0.717) is 22.8 Å². The van der Waals surface area contributed by atoms with E-state index in [9.17, 15) is 4.79 Å². The van der Waals surface area contributed by atoms with Gasteiger partial charge in [-0.3, -0.25) is 4.79 Å². The second kappa shape index (κ2) is 8.47. The van der Waals surface area contributed by atoms with Crippen molar-refractivity contribution < 1.29 is 9.53 Å². The number of fused-ring (bicyclic) bond motifs is 3. The van der Waals surface area contributed by atoms with Gasteiger partial charge in [-0.05, 0) is 34.9 Å². The molecule has 6 rings (SSSR count). The zero-order valence-electron chi connectivity index (χ0n) is 18.3. The van der Waals surface area contributed by atoms with Gasteiger partial charge in [-0.15, -0.1) is 0 Å². The van der Waals surface area contributed by atoms with Crippen LogP contribution in [0.15, 0.2) is 108 Å². The summed E-state index contributed by atoms with van der Waals surface area (Å²) in [6, 6.07) is 33.2. The molecule has 0 aliphatic carbocycles. The summed E-state index contributed by atoms with van der Waals surface area (Å²) in [5.41, 5.74) is 5.68. The molecule has 0 amide bonds. The van der Waals surface area contributed by atoms with E-state index >= 15 is 0 Å². The number of carbonyl (C=O) groups excluding carboxylic acids is 1. The maximum Gasteiger partial charge on any atom is 0.251 e. The molecule has 4 aromatic carbocycles. The van der Waals surface area contributed by atoms with E-state index in [2.05, 4.69) is 12.1 Å². The highest BCUT2D eigenvalue weighted by Crippen LogP contribution is 2.44. The van der Waals surface area contributed by atoms with Gasteiger partial charge in [0.15, 0.2) is 0 Å². The molecule has 2 atom stereocenters. The number of carbonyl (C=O) groups is 1. The first-order valence-electron chi connectivity index (χ1n) is 11.2. The molecule has 5 heteroatoms. The zero-order chi connectivity index (χ0) is 23.1. The maximum atomic E-state index is 13.6. The number of rotatable bonds is 4. The molecule has 4 aromatic rings. The Morgan fingerprint density at radius 1 is 0.824 bits per heavy atom. The maximum absolute atomic E-state index is 13.6. The number of nitrogens with zero attached hydrogens (tertiary/aromatic N) is 2. The lowest BCUT2D eigenvalue weighted by Gasteiger charge is -2.37. The van der Waals surface area contributed by atoms with E-state index in [1.165, 1.54) is 0 Å². The van der Waals surface area contributed by atoms with E-state index in [0.717, 1.165) is 28.0 Å². The van der Waals surface area contributed by atoms with Crippen molar-refractivity contribution in [2.45, 2.75) is 18.7 Å². The molecule has 0 aromatic heterocycles. The quantitative estimate of drug-likeness (QED) is 0.313. The van der Waals surface area contributed by atoms with Crippen molar-refractivity contribution in [1.82, 2.24) is 5.01 Å². The monoisotopic (exact) mass is 464 g/mol. The highest BCUT2D eigenvalue weighted by Gasteiger charge is 2.43. The molecular formula is C29H21ClN2O2. The lowest BCUT2D eigenvalue weighted by molar-refractivity contribution is -0.00454. The summed E-state index contributed by atoms with van der Waals surface area (Å²) in [6.07, 6.45) is -0.167. The molecule has 0 bridgehead atoms. The van der Waals surface area contributed by atoms with Gasteiger partial charge in [0, 0.05) is 22.6 Å². The Kier molecular flexibility index (Phi) is 5.16. The number of ketones is 1. The minimum Gasteiger partial charge on any atom is -0.461 e. The van der Waals surface area contributed by atoms with Crippen LogP contribution in [0.2, 0.25) is 5.02 Å². The van der Waals surface area contributed by atoms with Crippen LogP contribution in [0.4, 0.5) is 0 Å². The summed E-state index contributed by atoms with van der Waals surface area (Å²) in [6.45, 7) is 0. The van der Waals surface area contributed by atoms with Crippen molar-refractivity contribution >= 4 is 23.1 Å². The third-order valence-corrected chi connectivity index (χ3v) is 6.59.